The van der Waals surface area contributed by atoms with Crippen molar-refractivity contribution in [3.05, 3.63) is 47.3 Å². The van der Waals surface area contributed by atoms with E-state index in [2.05, 4.69) is 18.5 Å². The molecule has 194 valence electrons. The summed E-state index contributed by atoms with van der Waals surface area (Å²) >= 11 is 6.75. The Kier molecular flexibility index (Phi) is 5.57. The highest BCUT2D eigenvalue weighted by Gasteiger charge is 2.52. The molecule has 0 aliphatic carbocycles. The second-order valence-electron chi connectivity index (χ2n) is 10.4. The fourth-order valence-electron chi connectivity index (χ4n) is 6.13. The number of fused-ring (bicyclic) bond motifs is 2. The van der Waals surface area contributed by atoms with Crippen LogP contribution in [0.25, 0.3) is 11.3 Å². The number of aromatic nitrogens is 1. The van der Waals surface area contributed by atoms with E-state index in [1.165, 1.54) is 24.3 Å². The first-order chi connectivity index (χ1) is 17.7. The molecule has 9 nitrogen and oxygen atoms in total. The second kappa shape index (κ2) is 8.59. The van der Waals surface area contributed by atoms with Crippen molar-refractivity contribution in [2.24, 2.45) is 5.41 Å². The average Bonchev–Trinajstić information content (AvgIpc) is 2.98. The van der Waals surface area contributed by atoms with Crippen LogP contribution in [0.3, 0.4) is 0 Å². The molecule has 0 radical (unpaired) electrons. The number of amides is 2. The smallest absolute Gasteiger partial charge is 0.261 e. The van der Waals surface area contributed by atoms with Gasteiger partial charge in [0.15, 0.2) is 5.75 Å². The van der Waals surface area contributed by atoms with Crippen LogP contribution in [-0.2, 0) is 4.79 Å². The van der Waals surface area contributed by atoms with Crippen molar-refractivity contribution in [2.75, 3.05) is 64.4 Å². The van der Waals surface area contributed by atoms with Crippen LogP contribution in [0.2, 0.25) is 5.02 Å². The number of phenolic OH excluding ortho intramolecular Hbond substituents is 1. The number of halogens is 2. The summed E-state index contributed by atoms with van der Waals surface area (Å²) < 4.78 is 21.1. The molecule has 1 atom stereocenters. The SMILES string of the molecule is C=CC(=O)N1CCN2C(=O)c3c(N4CC5(CN(C)C5)C4)nc(-c4c(O)cccc4F)c(Cl)c3OC[C@H]2C1. The van der Waals surface area contributed by atoms with Crippen LogP contribution >= 0.6 is 11.6 Å². The number of hydrogen-bond acceptors (Lipinski definition) is 7. The molecule has 4 aliphatic heterocycles. The highest BCUT2D eigenvalue weighted by molar-refractivity contribution is 6.35. The molecular weight excluding hydrogens is 501 g/mol. The van der Waals surface area contributed by atoms with Gasteiger partial charge in [0.05, 0.1) is 11.6 Å². The van der Waals surface area contributed by atoms with Crippen molar-refractivity contribution >= 4 is 29.2 Å². The predicted molar refractivity (Wildman–Crippen MR) is 136 cm³/mol. The molecule has 3 fully saturated rings. The molecule has 4 aliphatic rings. The number of aromatic hydroxyl groups is 1. The number of carbonyl (C=O) groups is 2. The molecule has 2 aromatic rings. The second-order valence-corrected chi connectivity index (χ2v) is 10.8. The largest absolute Gasteiger partial charge is 0.507 e. The lowest BCUT2D eigenvalue weighted by Gasteiger charge is -2.60. The Bertz CT molecular complexity index is 1300. The van der Waals surface area contributed by atoms with E-state index in [0.717, 1.165) is 13.1 Å². The lowest BCUT2D eigenvalue weighted by Crippen LogP contribution is -2.71. The van der Waals surface area contributed by atoms with E-state index in [4.69, 9.17) is 21.3 Å². The molecule has 37 heavy (non-hydrogen) atoms. The van der Waals surface area contributed by atoms with E-state index < -0.39 is 11.9 Å². The molecule has 1 aromatic carbocycles. The van der Waals surface area contributed by atoms with Crippen LogP contribution in [0, 0.1) is 11.2 Å². The molecule has 0 bridgehead atoms. The Morgan fingerprint density at radius 2 is 2.03 bits per heavy atom. The zero-order valence-electron chi connectivity index (χ0n) is 20.4. The molecule has 6 rings (SSSR count). The maximum atomic E-state index is 14.9. The third-order valence-corrected chi connectivity index (χ3v) is 8.08. The number of pyridine rings is 1. The van der Waals surface area contributed by atoms with Crippen molar-refractivity contribution in [3.63, 3.8) is 0 Å². The molecule has 2 amide bonds. The number of ether oxygens (including phenoxy) is 1. The van der Waals surface area contributed by atoms with Gasteiger partial charge in [-0.3, -0.25) is 9.59 Å². The van der Waals surface area contributed by atoms with E-state index in [-0.39, 0.29) is 57.2 Å². The highest BCUT2D eigenvalue weighted by atomic mass is 35.5. The number of benzene rings is 1. The summed E-state index contributed by atoms with van der Waals surface area (Å²) in [6.45, 7) is 7.94. The lowest BCUT2D eigenvalue weighted by atomic mass is 9.73. The molecule has 11 heteroatoms. The normalized spacial score (nSPS) is 22.4. The van der Waals surface area contributed by atoms with Gasteiger partial charge in [-0.15, -0.1) is 0 Å². The van der Waals surface area contributed by atoms with E-state index in [0.29, 0.717) is 38.5 Å². The van der Waals surface area contributed by atoms with Crippen LogP contribution in [0.5, 0.6) is 11.5 Å². The summed E-state index contributed by atoms with van der Waals surface area (Å²) in [5.74, 6) is -0.996. The molecule has 1 aromatic heterocycles. The summed E-state index contributed by atoms with van der Waals surface area (Å²) in [5.41, 5.74) is 0.250. The van der Waals surface area contributed by atoms with Crippen molar-refractivity contribution < 1.29 is 23.8 Å². The first-order valence-corrected chi connectivity index (χ1v) is 12.6. The van der Waals surface area contributed by atoms with Crippen LogP contribution < -0.4 is 9.64 Å². The number of likely N-dealkylation sites (tertiary alicyclic amines) is 1. The van der Waals surface area contributed by atoms with E-state index in [1.807, 2.05) is 4.90 Å². The number of carbonyl (C=O) groups excluding carboxylic acids is 2. The van der Waals surface area contributed by atoms with Crippen molar-refractivity contribution in [2.45, 2.75) is 6.04 Å². The summed E-state index contributed by atoms with van der Waals surface area (Å²) in [5, 5.41) is 10.5. The number of anilines is 1. The number of hydrogen-bond donors (Lipinski definition) is 1. The minimum absolute atomic E-state index is 0.0221. The van der Waals surface area contributed by atoms with Crippen LogP contribution in [0.15, 0.2) is 30.9 Å². The van der Waals surface area contributed by atoms with Gasteiger partial charge >= 0.3 is 0 Å². The Hall–Kier alpha value is -3.37. The Morgan fingerprint density at radius 1 is 1.27 bits per heavy atom. The average molecular weight is 528 g/mol. The zero-order valence-corrected chi connectivity index (χ0v) is 21.2. The monoisotopic (exact) mass is 527 g/mol. The van der Waals surface area contributed by atoms with Crippen LogP contribution in [-0.4, -0.2) is 102 Å². The summed E-state index contributed by atoms with van der Waals surface area (Å²) in [6, 6.07) is 3.59. The predicted octanol–water partition coefficient (Wildman–Crippen LogP) is 2.23. The van der Waals surface area contributed by atoms with Gasteiger partial charge in [-0.05, 0) is 25.3 Å². The molecule has 3 saturated heterocycles. The van der Waals surface area contributed by atoms with Gasteiger partial charge in [0.2, 0.25) is 5.91 Å². The van der Waals surface area contributed by atoms with Crippen molar-refractivity contribution in [1.29, 1.82) is 0 Å². The Balaban J connectivity index is 1.45. The number of piperazine rings is 1. The molecule has 5 heterocycles. The summed E-state index contributed by atoms with van der Waals surface area (Å²) in [6.07, 6.45) is 1.26. The van der Waals surface area contributed by atoms with Crippen LogP contribution in [0.4, 0.5) is 10.2 Å². The van der Waals surface area contributed by atoms with Gasteiger partial charge in [-0.2, -0.15) is 0 Å². The maximum absolute atomic E-state index is 14.9. The number of rotatable bonds is 3. The maximum Gasteiger partial charge on any atom is 0.261 e. The number of nitrogens with zero attached hydrogens (tertiary/aromatic N) is 5. The van der Waals surface area contributed by atoms with Gasteiger partial charge in [0.25, 0.3) is 5.91 Å². The van der Waals surface area contributed by atoms with E-state index in [1.54, 1.807) is 9.80 Å². The third-order valence-electron chi connectivity index (χ3n) is 7.73. The van der Waals surface area contributed by atoms with Gasteiger partial charge < -0.3 is 29.4 Å². The van der Waals surface area contributed by atoms with Crippen molar-refractivity contribution in [1.82, 2.24) is 19.7 Å². The van der Waals surface area contributed by atoms with Crippen LogP contribution in [0.1, 0.15) is 10.4 Å². The van der Waals surface area contributed by atoms with Gasteiger partial charge in [-0.1, -0.05) is 24.2 Å². The van der Waals surface area contributed by atoms with E-state index in [9.17, 15) is 19.1 Å². The molecule has 0 saturated carbocycles. The standard InChI is InChI=1S/C26H27ClFN5O4/c1-3-18(35)31-7-8-33-15(9-31)10-37-23-20(25(33)36)24(32-13-26(14-32)11-30(2)12-26)29-22(21(23)27)19-16(28)5-4-6-17(19)34/h3-6,15,34H,1,7-14H2,2H3/t15-/m1/s1. The molecule has 0 unspecified atom stereocenters. The van der Waals surface area contributed by atoms with Gasteiger partial charge in [0, 0.05) is 51.2 Å². The minimum atomic E-state index is -0.683. The topological polar surface area (TPSA) is 89.5 Å². The highest BCUT2D eigenvalue weighted by Crippen LogP contribution is 2.49. The molecule has 1 spiro atoms. The quantitative estimate of drug-likeness (QED) is 0.612. The summed E-state index contributed by atoms with van der Waals surface area (Å²) in [7, 11) is 2.06. The summed E-state index contributed by atoms with van der Waals surface area (Å²) in [4.78, 5) is 38.5. The fourth-order valence-corrected chi connectivity index (χ4v) is 6.42. The molecule has 1 N–H and O–H groups in total. The minimum Gasteiger partial charge on any atom is -0.507 e. The number of phenols is 1. The zero-order chi connectivity index (χ0) is 26.1. The first kappa shape index (κ1) is 24.0. The Morgan fingerprint density at radius 3 is 2.70 bits per heavy atom. The van der Waals surface area contributed by atoms with Crippen molar-refractivity contribution in [3.8, 4) is 22.8 Å². The Labute approximate surface area is 218 Å². The first-order valence-electron chi connectivity index (χ1n) is 12.2. The fraction of sp³-hybridized carbons (Fsp3) is 0.423. The van der Waals surface area contributed by atoms with Gasteiger partial charge in [-0.25, -0.2) is 9.37 Å². The molecular formula is C26H27ClFN5O4. The lowest BCUT2D eigenvalue weighted by molar-refractivity contribution is -0.128. The van der Waals surface area contributed by atoms with Gasteiger partial charge in [0.1, 0.15) is 40.3 Å². The van der Waals surface area contributed by atoms with E-state index >= 15 is 0 Å². The third kappa shape index (κ3) is 3.73.